The number of carbonyl (C=O) groups excluding carboxylic acids is 1. The van der Waals surface area contributed by atoms with E-state index in [4.69, 9.17) is 16.5 Å². The summed E-state index contributed by atoms with van der Waals surface area (Å²) in [4.78, 5) is 22.2. The Balaban J connectivity index is 1.71. The average Bonchev–Trinajstić information content (AvgIpc) is 3.05. The van der Waals surface area contributed by atoms with E-state index in [1.807, 2.05) is 13.8 Å². The lowest BCUT2D eigenvalue weighted by molar-refractivity contribution is 0.103. The number of nitrogens with one attached hydrogen (secondary N) is 1. The molecule has 0 spiro atoms. The molecule has 1 aliphatic rings. The van der Waals surface area contributed by atoms with E-state index in [9.17, 15) is 4.79 Å². The van der Waals surface area contributed by atoms with Gasteiger partial charge in [0, 0.05) is 35.5 Å². The van der Waals surface area contributed by atoms with Crippen molar-refractivity contribution in [2.24, 2.45) is 0 Å². The number of fused-ring (bicyclic) bond motifs is 2. The minimum absolute atomic E-state index is 0.228. The standard InChI is InChI=1S/C18H21N5OS2/c1-8-9(2)25-18(13(8)19)22-16(24)15-14(20)11-6-10-7-23(3)5-4-12(10)21-17(11)26-15/h6H,4-5,7,19-20H2,1-3H3,(H,22,24). The SMILES string of the molecule is Cc1sc(NC(=O)c2sc3nc4c(cc3c2N)CN(C)CC4)c(N)c1C. The number of rotatable bonds is 2. The lowest BCUT2D eigenvalue weighted by atomic mass is 10.0. The number of aromatic nitrogens is 1. The number of nitrogens with two attached hydrogens (primary N) is 2. The molecule has 0 aromatic carbocycles. The minimum Gasteiger partial charge on any atom is -0.397 e. The maximum absolute atomic E-state index is 12.8. The molecule has 0 saturated carbocycles. The second-order valence-corrected chi connectivity index (χ2v) is 8.98. The Kier molecular flexibility index (Phi) is 4.13. The normalized spacial score (nSPS) is 14.6. The van der Waals surface area contributed by atoms with E-state index in [2.05, 4.69) is 23.3 Å². The highest BCUT2D eigenvalue weighted by atomic mass is 32.1. The molecule has 8 heteroatoms. The number of hydrogen-bond donors (Lipinski definition) is 3. The number of carbonyl (C=O) groups is 1. The summed E-state index contributed by atoms with van der Waals surface area (Å²) in [6, 6.07) is 2.09. The molecule has 0 saturated heterocycles. The van der Waals surface area contributed by atoms with E-state index in [1.54, 1.807) is 0 Å². The van der Waals surface area contributed by atoms with Crippen molar-refractivity contribution in [2.75, 3.05) is 30.4 Å². The zero-order chi connectivity index (χ0) is 18.6. The quantitative estimate of drug-likeness (QED) is 0.626. The fourth-order valence-electron chi connectivity index (χ4n) is 3.20. The van der Waals surface area contributed by atoms with Gasteiger partial charge in [-0.1, -0.05) is 0 Å². The Bertz CT molecular complexity index is 1040. The zero-order valence-corrected chi connectivity index (χ0v) is 16.6. The van der Waals surface area contributed by atoms with Crippen molar-refractivity contribution in [1.82, 2.24) is 9.88 Å². The van der Waals surface area contributed by atoms with Crippen LogP contribution in [0.3, 0.4) is 0 Å². The van der Waals surface area contributed by atoms with Gasteiger partial charge in [0.15, 0.2) is 0 Å². The van der Waals surface area contributed by atoms with Crippen molar-refractivity contribution >= 4 is 55.2 Å². The highest BCUT2D eigenvalue weighted by molar-refractivity contribution is 7.21. The summed E-state index contributed by atoms with van der Waals surface area (Å²) < 4.78 is 0. The van der Waals surface area contributed by atoms with Crippen LogP contribution >= 0.6 is 22.7 Å². The molecule has 4 rings (SSSR count). The Hall–Kier alpha value is -2.16. The van der Waals surface area contributed by atoms with Gasteiger partial charge < -0.3 is 21.7 Å². The molecule has 26 heavy (non-hydrogen) atoms. The summed E-state index contributed by atoms with van der Waals surface area (Å²) in [5, 5.41) is 4.45. The van der Waals surface area contributed by atoms with Crippen molar-refractivity contribution in [3.8, 4) is 0 Å². The van der Waals surface area contributed by atoms with E-state index < -0.39 is 0 Å². The summed E-state index contributed by atoms with van der Waals surface area (Å²) in [6.07, 6.45) is 0.922. The molecular weight excluding hydrogens is 366 g/mol. The number of anilines is 3. The predicted octanol–water partition coefficient (Wildman–Crippen LogP) is 3.38. The highest BCUT2D eigenvalue weighted by Gasteiger charge is 2.22. The lowest BCUT2D eigenvalue weighted by Gasteiger charge is -2.24. The molecule has 4 heterocycles. The Morgan fingerprint density at radius 3 is 2.73 bits per heavy atom. The van der Waals surface area contributed by atoms with Crippen LogP contribution in [-0.4, -0.2) is 29.4 Å². The first-order chi connectivity index (χ1) is 12.3. The first kappa shape index (κ1) is 17.3. The van der Waals surface area contributed by atoms with Gasteiger partial charge in [0.1, 0.15) is 14.7 Å². The number of amides is 1. The highest BCUT2D eigenvalue weighted by Crippen LogP contribution is 2.38. The maximum atomic E-state index is 12.8. The van der Waals surface area contributed by atoms with E-state index >= 15 is 0 Å². The van der Waals surface area contributed by atoms with E-state index in [0.717, 1.165) is 45.9 Å². The van der Waals surface area contributed by atoms with Crippen LogP contribution in [0.2, 0.25) is 0 Å². The number of hydrogen-bond acceptors (Lipinski definition) is 7. The molecule has 0 fully saturated rings. The van der Waals surface area contributed by atoms with Crippen LogP contribution in [-0.2, 0) is 13.0 Å². The molecule has 0 aliphatic carbocycles. The third-order valence-corrected chi connectivity index (χ3v) is 7.18. The van der Waals surface area contributed by atoms with Crippen molar-refractivity contribution in [3.63, 3.8) is 0 Å². The van der Waals surface area contributed by atoms with Crippen molar-refractivity contribution in [1.29, 1.82) is 0 Å². The fourth-order valence-corrected chi connectivity index (χ4v) is 5.17. The van der Waals surface area contributed by atoms with Crippen molar-refractivity contribution < 1.29 is 4.79 Å². The number of aryl methyl sites for hydroxylation is 1. The van der Waals surface area contributed by atoms with E-state index in [1.165, 1.54) is 28.2 Å². The van der Waals surface area contributed by atoms with Gasteiger partial charge in [-0.3, -0.25) is 4.79 Å². The van der Waals surface area contributed by atoms with Crippen molar-refractivity contribution in [3.05, 3.63) is 32.6 Å². The van der Waals surface area contributed by atoms with E-state index in [0.29, 0.717) is 21.3 Å². The molecule has 6 nitrogen and oxygen atoms in total. The predicted molar refractivity (Wildman–Crippen MR) is 110 cm³/mol. The van der Waals surface area contributed by atoms with Crippen LogP contribution in [0, 0.1) is 13.8 Å². The third kappa shape index (κ3) is 2.74. The molecule has 0 radical (unpaired) electrons. The monoisotopic (exact) mass is 387 g/mol. The van der Waals surface area contributed by atoms with Crippen LogP contribution < -0.4 is 16.8 Å². The molecule has 0 bridgehead atoms. The molecule has 136 valence electrons. The minimum atomic E-state index is -0.228. The molecule has 1 aliphatic heterocycles. The van der Waals surface area contributed by atoms with E-state index in [-0.39, 0.29) is 5.91 Å². The van der Waals surface area contributed by atoms with Crippen LogP contribution in [0.5, 0.6) is 0 Å². The van der Waals surface area contributed by atoms with Crippen LogP contribution in [0.15, 0.2) is 6.07 Å². The Labute approximate surface area is 159 Å². The van der Waals surface area contributed by atoms with Crippen LogP contribution in [0.1, 0.15) is 31.4 Å². The zero-order valence-electron chi connectivity index (χ0n) is 15.0. The summed E-state index contributed by atoms with van der Waals surface area (Å²) in [5.41, 5.74) is 16.8. The number of likely N-dealkylation sites (N-methyl/N-ethyl adjacent to an activating group) is 1. The average molecular weight is 388 g/mol. The summed E-state index contributed by atoms with van der Waals surface area (Å²) in [5.74, 6) is -0.228. The lowest BCUT2D eigenvalue weighted by Crippen LogP contribution is -2.27. The maximum Gasteiger partial charge on any atom is 0.268 e. The second-order valence-electron chi connectivity index (χ2n) is 6.76. The van der Waals surface area contributed by atoms with Gasteiger partial charge in [-0.05, 0) is 38.1 Å². The molecule has 3 aromatic rings. The van der Waals surface area contributed by atoms with Gasteiger partial charge in [0.25, 0.3) is 5.91 Å². The molecule has 0 unspecified atom stereocenters. The second kappa shape index (κ2) is 6.22. The Morgan fingerprint density at radius 2 is 2.04 bits per heavy atom. The molecule has 1 amide bonds. The van der Waals surface area contributed by atoms with Gasteiger partial charge in [0.05, 0.1) is 11.4 Å². The molecular formula is C18H21N5OS2. The molecule has 0 atom stereocenters. The molecule has 5 N–H and O–H groups in total. The van der Waals surface area contributed by atoms with Gasteiger partial charge in [-0.25, -0.2) is 4.98 Å². The van der Waals surface area contributed by atoms with Gasteiger partial charge >= 0.3 is 0 Å². The smallest absolute Gasteiger partial charge is 0.268 e. The van der Waals surface area contributed by atoms with Gasteiger partial charge in [0.2, 0.25) is 0 Å². The fraction of sp³-hybridized carbons (Fsp3) is 0.333. The van der Waals surface area contributed by atoms with Crippen LogP contribution in [0.4, 0.5) is 16.4 Å². The summed E-state index contributed by atoms with van der Waals surface area (Å²) >= 11 is 2.83. The number of pyridine rings is 1. The van der Waals surface area contributed by atoms with Crippen molar-refractivity contribution in [2.45, 2.75) is 26.8 Å². The molecule has 3 aromatic heterocycles. The number of thiophene rings is 2. The summed E-state index contributed by atoms with van der Waals surface area (Å²) in [7, 11) is 2.10. The van der Waals surface area contributed by atoms with Gasteiger partial charge in [-0.15, -0.1) is 22.7 Å². The largest absolute Gasteiger partial charge is 0.397 e. The first-order valence-electron chi connectivity index (χ1n) is 8.41. The van der Waals surface area contributed by atoms with Gasteiger partial charge in [-0.2, -0.15) is 0 Å². The number of nitrogen functional groups attached to an aromatic ring is 2. The topological polar surface area (TPSA) is 97.3 Å². The number of nitrogens with zero attached hydrogens (tertiary/aromatic N) is 2. The Morgan fingerprint density at radius 1 is 1.27 bits per heavy atom. The first-order valence-corrected chi connectivity index (χ1v) is 10.0. The summed E-state index contributed by atoms with van der Waals surface area (Å²) in [6.45, 7) is 5.80. The van der Waals surface area contributed by atoms with Crippen LogP contribution in [0.25, 0.3) is 10.2 Å². The third-order valence-electron chi connectivity index (χ3n) is 4.93.